The molecule has 1 saturated heterocycles. The van der Waals surface area contributed by atoms with E-state index in [4.69, 9.17) is 19.3 Å². The van der Waals surface area contributed by atoms with E-state index in [1.807, 2.05) is 48.0 Å². The number of benzene rings is 2. The van der Waals surface area contributed by atoms with Crippen molar-refractivity contribution in [3.05, 3.63) is 64.8 Å². The third-order valence-electron chi connectivity index (χ3n) is 7.41. The summed E-state index contributed by atoms with van der Waals surface area (Å²) in [6, 6.07) is 13.9. The lowest BCUT2D eigenvalue weighted by molar-refractivity contribution is -0.134. The molecule has 3 heterocycles. The molecule has 0 radical (unpaired) electrons. The van der Waals surface area contributed by atoms with E-state index >= 15 is 0 Å². The quantitative estimate of drug-likeness (QED) is 0.425. The molecule has 0 unspecified atom stereocenters. The van der Waals surface area contributed by atoms with Gasteiger partial charge in [-0.2, -0.15) is 5.10 Å². The second kappa shape index (κ2) is 11.8. The number of nitrogens with zero attached hydrogens (tertiary/aromatic N) is 4. The number of hydrogen-bond donors (Lipinski definition) is 0. The Kier molecular flexibility index (Phi) is 8.33. The van der Waals surface area contributed by atoms with Crippen LogP contribution in [-0.4, -0.2) is 79.3 Å². The summed E-state index contributed by atoms with van der Waals surface area (Å²) in [6.07, 6.45) is 0. The minimum Gasteiger partial charge on any atom is -0.493 e. The van der Waals surface area contributed by atoms with Gasteiger partial charge in [0.2, 0.25) is 11.8 Å². The molecular weight excluding hydrogens is 540 g/mol. The number of aryl methyl sites for hydroxylation is 1. The van der Waals surface area contributed by atoms with Gasteiger partial charge in [-0.15, -0.1) is 11.8 Å². The minimum atomic E-state index is -0.345. The molecule has 1 aromatic heterocycles. The van der Waals surface area contributed by atoms with Crippen molar-refractivity contribution in [1.29, 1.82) is 0 Å². The van der Waals surface area contributed by atoms with Crippen LogP contribution in [0, 0.1) is 6.92 Å². The average molecular weight is 579 g/mol. The molecule has 3 aromatic rings. The standard InChI is InChI=1S/C31H38N4O5S/c1-20-8-7-9-22(16-20)35-30-27(29(32-35)31(2,3)4)28(21-10-11-23(38-5)24(17-21)39-6)41-19-26(37)34(30)18-25(36)33-12-14-40-15-13-33/h7-11,16-17,28H,12-15,18-19H2,1-6H3/t28-/m1/s1. The zero-order valence-corrected chi connectivity index (χ0v) is 25.4. The van der Waals surface area contributed by atoms with Gasteiger partial charge in [0.25, 0.3) is 0 Å². The molecule has 0 aliphatic carbocycles. The molecule has 1 fully saturated rings. The number of ether oxygens (including phenoxy) is 3. The smallest absolute Gasteiger partial charge is 0.242 e. The van der Waals surface area contributed by atoms with Crippen molar-refractivity contribution in [2.45, 2.75) is 38.4 Å². The van der Waals surface area contributed by atoms with Crippen LogP contribution in [0.5, 0.6) is 11.5 Å². The Morgan fingerprint density at radius 2 is 1.80 bits per heavy atom. The number of rotatable bonds is 6. The highest BCUT2D eigenvalue weighted by molar-refractivity contribution is 8.00. The van der Waals surface area contributed by atoms with Crippen molar-refractivity contribution in [2.75, 3.05) is 57.7 Å². The van der Waals surface area contributed by atoms with Gasteiger partial charge in [-0.1, -0.05) is 39.0 Å². The first-order valence-electron chi connectivity index (χ1n) is 13.8. The molecule has 5 rings (SSSR count). The second-order valence-electron chi connectivity index (χ2n) is 11.4. The van der Waals surface area contributed by atoms with E-state index in [9.17, 15) is 9.59 Å². The lowest BCUT2D eigenvalue weighted by Crippen LogP contribution is -2.48. The summed E-state index contributed by atoms with van der Waals surface area (Å²) in [4.78, 5) is 30.9. The van der Waals surface area contributed by atoms with Crippen LogP contribution in [0.15, 0.2) is 42.5 Å². The Bertz CT molecular complexity index is 1440. The van der Waals surface area contributed by atoms with E-state index in [1.165, 1.54) is 0 Å². The summed E-state index contributed by atoms with van der Waals surface area (Å²) in [5.41, 5.74) is 4.34. The third kappa shape index (κ3) is 5.81. The van der Waals surface area contributed by atoms with E-state index in [-0.39, 0.29) is 34.8 Å². The number of fused-ring (bicyclic) bond motifs is 1. The van der Waals surface area contributed by atoms with Gasteiger partial charge in [-0.05, 0) is 42.3 Å². The fourth-order valence-electron chi connectivity index (χ4n) is 5.34. The molecule has 2 aliphatic heterocycles. The van der Waals surface area contributed by atoms with Crippen LogP contribution in [0.4, 0.5) is 5.82 Å². The zero-order chi connectivity index (χ0) is 29.3. The molecule has 9 nitrogen and oxygen atoms in total. The van der Waals surface area contributed by atoms with Crippen LogP contribution in [0.1, 0.15) is 48.4 Å². The topological polar surface area (TPSA) is 86.1 Å². The number of carbonyl (C=O) groups excluding carboxylic acids is 2. The monoisotopic (exact) mass is 578 g/mol. The predicted octanol–water partition coefficient (Wildman–Crippen LogP) is 4.52. The van der Waals surface area contributed by atoms with Crippen molar-refractivity contribution < 1.29 is 23.8 Å². The Morgan fingerprint density at radius 1 is 1.07 bits per heavy atom. The maximum atomic E-state index is 13.9. The third-order valence-corrected chi connectivity index (χ3v) is 8.67. The number of amides is 2. The van der Waals surface area contributed by atoms with Gasteiger partial charge in [0.05, 0.1) is 49.8 Å². The summed E-state index contributed by atoms with van der Waals surface area (Å²) in [5.74, 6) is 1.87. The number of aromatic nitrogens is 2. The van der Waals surface area contributed by atoms with E-state index in [1.54, 1.807) is 35.8 Å². The molecule has 0 spiro atoms. The van der Waals surface area contributed by atoms with Crippen LogP contribution in [0.25, 0.3) is 5.69 Å². The summed E-state index contributed by atoms with van der Waals surface area (Å²) in [6.45, 7) is 10.4. The maximum absolute atomic E-state index is 13.9. The fourth-order valence-corrected chi connectivity index (χ4v) is 6.53. The van der Waals surface area contributed by atoms with Gasteiger partial charge in [-0.3, -0.25) is 14.5 Å². The maximum Gasteiger partial charge on any atom is 0.242 e. The second-order valence-corrected chi connectivity index (χ2v) is 12.5. The molecular formula is C31H38N4O5S. The summed E-state index contributed by atoms with van der Waals surface area (Å²) >= 11 is 1.54. The van der Waals surface area contributed by atoms with Gasteiger partial charge >= 0.3 is 0 Å². The summed E-state index contributed by atoms with van der Waals surface area (Å²) in [5, 5.41) is 4.95. The first-order valence-corrected chi connectivity index (χ1v) is 14.9. The number of carbonyl (C=O) groups is 2. The van der Waals surface area contributed by atoms with Gasteiger partial charge in [-0.25, -0.2) is 4.68 Å². The highest BCUT2D eigenvalue weighted by atomic mass is 32.2. The van der Waals surface area contributed by atoms with Gasteiger partial charge in [0.15, 0.2) is 11.5 Å². The molecule has 0 bridgehead atoms. The molecule has 41 heavy (non-hydrogen) atoms. The normalized spacial score (nSPS) is 17.7. The van der Waals surface area contributed by atoms with Crippen molar-refractivity contribution in [1.82, 2.24) is 14.7 Å². The predicted molar refractivity (Wildman–Crippen MR) is 161 cm³/mol. The number of anilines is 1. The number of morpholine rings is 1. The zero-order valence-electron chi connectivity index (χ0n) is 24.6. The van der Waals surface area contributed by atoms with Gasteiger partial charge < -0.3 is 19.1 Å². The van der Waals surface area contributed by atoms with Crippen LogP contribution in [0.2, 0.25) is 0 Å². The van der Waals surface area contributed by atoms with Crippen LogP contribution in [-0.2, 0) is 19.7 Å². The fraction of sp³-hybridized carbons (Fsp3) is 0.452. The van der Waals surface area contributed by atoms with E-state index in [2.05, 4.69) is 26.8 Å². The highest BCUT2D eigenvalue weighted by Crippen LogP contribution is 2.49. The largest absolute Gasteiger partial charge is 0.493 e. The van der Waals surface area contributed by atoms with Crippen LogP contribution >= 0.6 is 11.8 Å². The van der Waals surface area contributed by atoms with Gasteiger partial charge in [0, 0.05) is 24.1 Å². The highest BCUT2D eigenvalue weighted by Gasteiger charge is 2.40. The van der Waals surface area contributed by atoms with Crippen molar-refractivity contribution in [2.24, 2.45) is 0 Å². The molecule has 2 amide bonds. The minimum absolute atomic E-state index is 0.0634. The molecule has 10 heteroatoms. The Labute approximate surface area is 245 Å². The Balaban J connectivity index is 1.74. The van der Waals surface area contributed by atoms with Crippen LogP contribution < -0.4 is 14.4 Å². The summed E-state index contributed by atoms with van der Waals surface area (Å²) < 4.78 is 18.4. The van der Waals surface area contributed by atoms with Crippen molar-refractivity contribution >= 4 is 29.4 Å². The van der Waals surface area contributed by atoms with Gasteiger partial charge in [0.1, 0.15) is 12.4 Å². The van der Waals surface area contributed by atoms with E-state index in [0.717, 1.165) is 28.1 Å². The molecule has 0 saturated carbocycles. The lowest BCUT2D eigenvalue weighted by Gasteiger charge is -2.30. The van der Waals surface area contributed by atoms with E-state index in [0.29, 0.717) is 43.6 Å². The summed E-state index contributed by atoms with van der Waals surface area (Å²) in [7, 11) is 3.23. The van der Waals surface area contributed by atoms with E-state index < -0.39 is 0 Å². The average Bonchev–Trinajstić information content (AvgIpc) is 3.31. The molecule has 2 aromatic carbocycles. The molecule has 2 aliphatic rings. The lowest BCUT2D eigenvalue weighted by atomic mass is 9.87. The Morgan fingerprint density at radius 3 is 2.46 bits per heavy atom. The number of thioether (sulfide) groups is 1. The molecule has 0 N–H and O–H groups in total. The number of methoxy groups -OCH3 is 2. The number of hydrogen-bond acceptors (Lipinski definition) is 7. The first-order chi connectivity index (χ1) is 19.6. The Hall–Kier alpha value is -3.50. The SMILES string of the molecule is COc1ccc([C@H]2SCC(=O)N(CC(=O)N3CCOCC3)c3c2c(C(C)(C)C)nn3-c2cccc(C)c2)cc1OC. The molecule has 218 valence electrons. The van der Waals surface area contributed by atoms with Crippen molar-refractivity contribution in [3.8, 4) is 17.2 Å². The first kappa shape index (κ1) is 29.0. The van der Waals surface area contributed by atoms with Crippen LogP contribution in [0.3, 0.4) is 0 Å². The molecule has 1 atom stereocenters. The van der Waals surface area contributed by atoms with Crippen molar-refractivity contribution in [3.63, 3.8) is 0 Å².